The molecule has 0 saturated heterocycles. The molecule has 144 valence electrons. The predicted molar refractivity (Wildman–Crippen MR) is 109 cm³/mol. The van der Waals surface area contributed by atoms with E-state index in [0.29, 0.717) is 11.9 Å². The zero-order chi connectivity index (χ0) is 17.7. The Kier molecular flexibility index (Phi) is 5.43. The van der Waals surface area contributed by atoms with Crippen LogP contribution >= 0.6 is 12.4 Å². The van der Waals surface area contributed by atoms with Gasteiger partial charge in [-0.2, -0.15) is 0 Å². The van der Waals surface area contributed by atoms with Crippen LogP contribution in [0.25, 0.3) is 0 Å². The van der Waals surface area contributed by atoms with Crippen molar-refractivity contribution >= 4 is 18.3 Å². The van der Waals surface area contributed by atoms with Gasteiger partial charge in [0.15, 0.2) is 0 Å². The number of likely N-dealkylation sites (N-methyl/N-ethyl adjacent to an activating group) is 1. The largest absolute Gasteiger partial charge is 0.354 e. The lowest BCUT2D eigenvalue weighted by atomic mass is 9.42. The second-order valence-corrected chi connectivity index (χ2v) is 9.29. The second kappa shape index (κ2) is 7.16. The monoisotopic (exact) mass is 376 g/mol. The maximum Gasteiger partial charge on any atom is 0.226 e. The van der Waals surface area contributed by atoms with Crippen LogP contribution in [0.1, 0.15) is 56.6 Å². The number of nitrogens with one attached hydrogen (secondary N) is 2. The molecule has 3 unspecified atom stereocenters. The van der Waals surface area contributed by atoms with Gasteiger partial charge in [-0.25, -0.2) is 0 Å². The molecule has 4 heteroatoms. The molecule has 1 aromatic carbocycles. The third kappa shape index (κ3) is 3.29. The van der Waals surface area contributed by atoms with E-state index in [0.717, 1.165) is 37.6 Å². The molecule has 3 nitrogen and oxygen atoms in total. The first-order valence-corrected chi connectivity index (χ1v) is 9.97. The van der Waals surface area contributed by atoms with Crippen LogP contribution in [0.5, 0.6) is 0 Å². The van der Waals surface area contributed by atoms with Crippen molar-refractivity contribution in [2.45, 2.75) is 63.8 Å². The van der Waals surface area contributed by atoms with Gasteiger partial charge < -0.3 is 10.6 Å². The van der Waals surface area contributed by atoms with Gasteiger partial charge in [0, 0.05) is 12.6 Å². The Bertz CT molecular complexity index is 643. The van der Waals surface area contributed by atoms with Crippen LogP contribution in [0, 0.1) is 24.2 Å². The highest BCUT2D eigenvalue weighted by Crippen LogP contribution is 2.65. The lowest BCUT2D eigenvalue weighted by Crippen LogP contribution is -2.59. The number of hydrogen-bond donors (Lipinski definition) is 2. The smallest absolute Gasteiger partial charge is 0.226 e. The molecule has 4 saturated carbocycles. The minimum atomic E-state index is -0.123. The lowest BCUT2D eigenvalue weighted by molar-refractivity contribution is -0.149. The van der Waals surface area contributed by atoms with Crippen LogP contribution in [-0.2, 0) is 10.2 Å². The highest BCUT2D eigenvalue weighted by Gasteiger charge is 2.60. The summed E-state index contributed by atoms with van der Waals surface area (Å²) in [5.41, 5.74) is 2.92. The Labute approximate surface area is 164 Å². The first kappa shape index (κ1) is 19.7. The molecule has 0 radical (unpaired) electrons. The van der Waals surface area contributed by atoms with Gasteiger partial charge in [0.25, 0.3) is 0 Å². The standard InChI is InChI=1S/C22H32N2O.ClH/c1-15-4-6-19(7-5-15)21-9-17-8-18(10-21)12-22(11-17,14-21)20(25)24-13-16(2)23-3;/h4-7,16-18,23H,8-14H2,1-3H3,(H,24,25);1H. The molecule has 4 aliphatic carbocycles. The van der Waals surface area contributed by atoms with E-state index in [1.54, 1.807) is 0 Å². The van der Waals surface area contributed by atoms with Gasteiger partial charge in [0.05, 0.1) is 5.41 Å². The normalized spacial score (nSPS) is 35.7. The zero-order valence-electron chi connectivity index (χ0n) is 16.3. The number of benzene rings is 1. The molecule has 0 aromatic heterocycles. The van der Waals surface area contributed by atoms with Gasteiger partial charge in [-0.1, -0.05) is 29.8 Å². The molecular weight excluding hydrogens is 344 g/mol. The fourth-order valence-corrected chi connectivity index (χ4v) is 6.31. The van der Waals surface area contributed by atoms with Crippen LogP contribution in [0.15, 0.2) is 24.3 Å². The van der Waals surface area contributed by atoms with E-state index >= 15 is 0 Å². The van der Waals surface area contributed by atoms with Crippen LogP contribution in [0.3, 0.4) is 0 Å². The Balaban J connectivity index is 0.00000196. The van der Waals surface area contributed by atoms with Crippen molar-refractivity contribution in [1.29, 1.82) is 0 Å². The Morgan fingerprint density at radius 2 is 1.77 bits per heavy atom. The lowest BCUT2D eigenvalue weighted by Gasteiger charge is -2.61. The van der Waals surface area contributed by atoms with Gasteiger partial charge in [-0.05, 0) is 82.2 Å². The average Bonchev–Trinajstić information content (AvgIpc) is 2.58. The topological polar surface area (TPSA) is 41.1 Å². The van der Waals surface area contributed by atoms with Crippen molar-refractivity contribution in [2.75, 3.05) is 13.6 Å². The van der Waals surface area contributed by atoms with Crippen molar-refractivity contribution in [2.24, 2.45) is 17.3 Å². The number of rotatable bonds is 5. The maximum absolute atomic E-state index is 13.2. The molecule has 0 spiro atoms. The third-order valence-electron chi connectivity index (χ3n) is 7.27. The average molecular weight is 377 g/mol. The number of halogens is 1. The maximum atomic E-state index is 13.2. The number of carbonyl (C=O) groups excluding carboxylic acids is 1. The molecule has 0 aliphatic heterocycles. The van der Waals surface area contributed by atoms with Crippen LogP contribution < -0.4 is 10.6 Å². The number of hydrogen-bond acceptors (Lipinski definition) is 2. The highest BCUT2D eigenvalue weighted by molar-refractivity contribution is 5.85. The molecule has 26 heavy (non-hydrogen) atoms. The molecule has 0 heterocycles. The summed E-state index contributed by atoms with van der Waals surface area (Å²) in [6.07, 6.45) is 7.18. The predicted octanol–water partition coefficient (Wildman–Crippen LogP) is 3.98. The first-order valence-electron chi connectivity index (χ1n) is 9.97. The van der Waals surface area contributed by atoms with Gasteiger partial charge >= 0.3 is 0 Å². The molecule has 1 amide bonds. The highest BCUT2D eigenvalue weighted by atomic mass is 35.5. The van der Waals surface area contributed by atoms with Crippen molar-refractivity contribution in [3.8, 4) is 0 Å². The Hall–Kier alpha value is -1.06. The van der Waals surface area contributed by atoms with E-state index < -0.39 is 0 Å². The summed E-state index contributed by atoms with van der Waals surface area (Å²) in [5, 5.41) is 6.48. The fraction of sp³-hybridized carbons (Fsp3) is 0.682. The summed E-state index contributed by atoms with van der Waals surface area (Å²) in [7, 11) is 1.95. The Morgan fingerprint density at radius 3 is 2.35 bits per heavy atom. The van der Waals surface area contributed by atoms with Crippen molar-refractivity contribution < 1.29 is 4.79 Å². The molecule has 4 fully saturated rings. The van der Waals surface area contributed by atoms with E-state index in [1.165, 1.54) is 30.4 Å². The number of carbonyl (C=O) groups is 1. The van der Waals surface area contributed by atoms with E-state index in [-0.39, 0.29) is 23.2 Å². The summed E-state index contributed by atoms with van der Waals surface area (Å²) in [4.78, 5) is 13.2. The molecule has 4 aliphatic rings. The van der Waals surface area contributed by atoms with Gasteiger partial charge in [0.1, 0.15) is 0 Å². The van der Waals surface area contributed by atoms with Gasteiger partial charge in [0.2, 0.25) is 5.91 Å². The number of aryl methyl sites for hydroxylation is 1. The molecule has 4 bridgehead atoms. The second-order valence-electron chi connectivity index (χ2n) is 9.29. The van der Waals surface area contributed by atoms with Crippen LogP contribution in [-0.4, -0.2) is 25.5 Å². The van der Waals surface area contributed by atoms with Gasteiger partial charge in [-0.15, -0.1) is 12.4 Å². The zero-order valence-corrected chi connectivity index (χ0v) is 17.1. The molecular formula is C22H33ClN2O. The van der Waals surface area contributed by atoms with Crippen molar-refractivity contribution in [3.63, 3.8) is 0 Å². The van der Waals surface area contributed by atoms with Gasteiger partial charge in [-0.3, -0.25) is 4.79 Å². The summed E-state index contributed by atoms with van der Waals surface area (Å²) in [6.45, 7) is 5.00. The summed E-state index contributed by atoms with van der Waals surface area (Å²) >= 11 is 0. The summed E-state index contributed by atoms with van der Waals surface area (Å²) in [5.74, 6) is 1.78. The first-order chi connectivity index (χ1) is 11.9. The molecule has 3 atom stereocenters. The van der Waals surface area contributed by atoms with E-state index in [2.05, 4.69) is 48.7 Å². The molecule has 5 rings (SSSR count). The van der Waals surface area contributed by atoms with Crippen molar-refractivity contribution in [3.05, 3.63) is 35.4 Å². The number of amides is 1. The van der Waals surface area contributed by atoms with Crippen LogP contribution in [0.2, 0.25) is 0 Å². The SMILES string of the molecule is CNC(C)CNC(=O)C12CC3CC(C1)CC(c1ccc(C)cc1)(C3)C2.Cl. The van der Waals surface area contributed by atoms with E-state index in [1.807, 2.05) is 7.05 Å². The van der Waals surface area contributed by atoms with E-state index in [4.69, 9.17) is 0 Å². The quantitative estimate of drug-likeness (QED) is 0.816. The minimum absolute atomic E-state index is 0. The minimum Gasteiger partial charge on any atom is -0.354 e. The summed E-state index contributed by atoms with van der Waals surface area (Å²) in [6, 6.07) is 9.47. The fourth-order valence-electron chi connectivity index (χ4n) is 6.31. The molecule has 1 aromatic rings. The Morgan fingerprint density at radius 1 is 1.15 bits per heavy atom. The summed E-state index contributed by atoms with van der Waals surface area (Å²) < 4.78 is 0. The third-order valence-corrected chi connectivity index (χ3v) is 7.27. The van der Waals surface area contributed by atoms with Crippen molar-refractivity contribution in [1.82, 2.24) is 10.6 Å². The van der Waals surface area contributed by atoms with E-state index in [9.17, 15) is 4.79 Å². The van der Waals surface area contributed by atoms with Crippen LogP contribution in [0.4, 0.5) is 0 Å². The molecule has 2 N–H and O–H groups in total.